The Morgan fingerprint density at radius 3 is 2.19 bits per heavy atom. The van der Waals surface area contributed by atoms with Crippen molar-refractivity contribution in [1.82, 2.24) is 4.90 Å². The fraction of sp³-hybridized carbons (Fsp3) is 0.588. The van der Waals surface area contributed by atoms with Gasteiger partial charge in [-0.05, 0) is 45.0 Å². The lowest BCUT2D eigenvalue weighted by Crippen LogP contribution is -2.33. The van der Waals surface area contributed by atoms with Gasteiger partial charge in [0, 0.05) is 12.6 Å². The second-order valence-electron chi connectivity index (χ2n) is 5.74. The molecule has 1 aromatic rings. The van der Waals surface area contributed by atoms with Crippen LogP contribution < -0.4 is 4.74 Å². The monoisotopic (exact) mass is 293 g/mol. The maximum atomic E-state index is 11.0. The molecule has 1 N–H and O–H groups in total. The van der Waals surface area contributed by atoms with Gasteiger partial charge in [-0.1, -0.05) is 26.0 Å². The molecule has 4 heteroatoms. The number of rotatable bonds is 8. The molecule has 0 heterocycles. The highest BCUT2D eigenvalue weighted by molar-refractivity contribution is 5.69. The summed E-state index contributed by atoms with van der Waals surface area (Å²) in [5, 5.41) is 9.06. The Kier molecular flexibility index (Phi) is 6.69. The molecule has 0 amide bonds. The zero-order valence-corrected chi connectivity index (χ0v) is 13.7. The molecule has 0 aliphatic heterocycles. The lowest BCUT2D eigenvalue weighted by atomic mass is 10.0. The van der Waals surface area contributed by atoms with Crippen LogP contribution in [-0.4, -0.2) is 35.2 Å². The zero-order valence-electron chi connectivity index (χ0n) is 13.7. The third kappa shape index (κ3) is 5.38. The Labute approximate surface area is 127 Å². The Morgan fingerprint density at radius 1 is 1.19 bits per heavy atom. The first-order valence-corrected chi connectivity index (χ1v) is 7.58. The molecule has 0 radical (unpaired) electrons. The summed E-state index contributed by atoms with van der Waals surface area (Å²) < 4.78 is 5.64. The molecule has 0 saturated heterocycles. The lowest BCUT2D eigenvalue weighted by molar-refractivity contribution is -0.141. The van der Waals surface area contributed by atoms with Gasteiger partial charge < -0.3 is 9.84 Å². The molecule has 0 spiro atoms. The van der Waals surface area contributed by atoms with Crippen LogP contribution in [0, 0.1) is 5.92 Å². The minimum Gasteiger partial charge on any atom is -0.491 e. The lowest BCUT2D eigenvalue weighted by Gasteiger charge is -2.29. The molecule has 0 bridgehead atoms. The smallest absolute Gasteiger partial charge is 0.307 e. The van der Waals surface area contributed by atoms with Crippen LogP contribution in [0.25, 0.3) is 0 Å². The highest BCUT2D eigenvalue weighted by Gasteiger charge is 2.20. The van der Waals surface area contributed by atoms with Crippen molar-refractivity contribution < 1.29 is 14.6 Å². The van der Waals surface area contributed by atoms with E-state index in [4.69, 9.17) is 9.84 Å². The largest absolute Gasteiger partial charge is 0.491 e. The zero-order chi connectivity index (χ0) is 16.0. The summed E-state index contributed by atoms with van der Waals surface area (Å²) in [6.45, 7) is 11.3. The van der Waals surface area contributed by atoms with Crippen molar-refractivity contribution in [3.63, 3.8) is 0 Å². The van der Waals surface area contributed by atoms with Crippen molar-refractivity contribution in [3.8, 4) is 5.75 Å². The number of hydrogen-bond donors (Lipinski definition) is 1. The van der Waals surface area contributed by atoms with Crippen molar-refractivity contribution in [2.75, 3.05) is 13.1 Å². The summed E-state index contributed by atoms with van der Waals surface area (Å²) in [7, 11) is 0. The van der Waals surface area contributed by atoms with E-state index in [1.165, 1.54) is 5.56 Å². The Morgan fingerprint density at radius 2 is 1.76 bits per heavy atom. The van der Waals surface area contributed by atoms with Crippen LogP contribution in [0.3, 0.4) is 0 Å². The predicted molar refractivity (Wildman–Crippen MR) is 84.7 cm³/mol. The van der Waals surface area contributed by atoms with Crippen LogP contribution in [0.4, 0.5) is 0 Å². The van der Waals surface area contributed by atoms with Gasteiger partial charge in [-0.25, -0.2) is 0 Å². The SMILES string of the molecule is CCN(CC(C)C(=O)O)C(C)c1ccc(OC(C)C)cc1. The van der Waals surface area contributed by atoms with E-state index in [0.29, 0.717) is 6.54 Å². The van der Waals surface area contributed by atoms with Crippen LogP contribution in [0.1, 0.15) is 46.2 Å². The van der Waals surface area contributed by atoms with Gasteiger partial charge in [0.2, 0.25) is 0 Å². The van der Waals surface area contributed by atoms with Gasteiger partial charge in [0.1, 0.15) is 5.75 Å². The van der Waals surface area contributed by atoms with Crippen molar-refractivity contribution >= 4 is 5.97 Å². The maximum absolute atomic E-state index is 11.0. The minimum atomic E-state index is -0.749. The Bertz CT molecular complexity index is 442. The molecule has 0 saturated carbocycles. The molecule has 4 nitrogen and oxygen atoms in total. The van der Waals surface area contributed by atoms with E-state index >= 15 is 0 Å². The van der Waals surface area contributed by atoms with Gasteiger partial charge in [0.25, 0.3) is 0 Å². The number of nitrogens with zero attached hydrogens (tertiary/aromatic N) is 1. The van der Waals surface area contributed by atoms with Crippen molar-refractivity contribution in [3.05, 3.63) is 29.8 Å². The fourth-order valence-electron chi connectivity index (χ4n) is 2.30. The van der Waals surface area contributed by atoms with Crippen molar-refractivity contribution in [1.29, 1.82) is 0 Å². The molecule has 0 fully saturated rings. The van der Waals surface area contributed by atoms with Crippen LogP contribution in [0.15, 0.2) is 24.3 Å². The van der Waals surface area contributed by atoms with E-state index in [-0.39, 0.29) is 18.1 Å². The van der Waals surface area contributed by atoms with Crippen molar-refractivity contribution in [2.45, 2.75) is 46.8 Å². The Balaban J connectivity index is 2.75. The van der Waals surface area contributed by atoms with Gasteiger partial charge in [-0.15, -0.1) is 0 Å². The van der Waals surface area contributed by atoms with Crippen LogP contribution in [0.5, 0.6) is 5.75 Å². The molecule has 118 valence electrons. The molecule has 2 unspecified atom stereocenters. The number of carboxylic acids is 1. The van der Waals surface area contributed by atoms with E-state index in [1.807, 2.05) is 26.0 Å². The molecule has 1 aromatic carbocycles. The van der Waals surface area contributed by atoms with Gasteiger partial charge in [-0.2, -0.15) is 0 Å². The standard InChI is InChI=1S/C17H27NO3/c1-6-18(11-13(4)17(19)20)14(5)15-7-9-16(10-8-15)21-12(2)3/h7-10,12-14H,6,11H2,1-5H3,(H,19,20). The molecule has 1 rings (SSSR count). The maximum Gasteiger partial charge on any atom is 0.307 e. The summed E-state index contributed by atoms with van der Waals surface area (Å²) in [5.41, 5.74) is 1.17. The summed E-state index contributed by atoms with van der Waals surface area (Å²) in [5.74, 6) is -0.250. The van der Waals surface area contributed by atoms with Crippen LogP contribution >= 0.6 is 0 Å². The number of carbonyl (C=O) groups is 1. The summed E-state index contributed by atoms with van der Waals surface area (Å²) in [6.07, 6.45) is 0.164. The number of benzene rings is 1. The first-order valence-electron chi connectivity index (χ1n) is 7.58. The highest BCUT2D eigenvalue weighted by Crippen LogP contribution is 2.24. The van der Waals surface area contributed by atoms with Gasteiger partial charge in [-0.3, -0.25) is 9.69 Å². The first-order chi connectivity index (χ1) is 9.85. The van der Waals surface area contributed by atoms with E-state index in [2.05, 4.69) is 30.9 Å². The van der Waals surface area contributed by atoms with E-state index in [1.54, 1.807) is 6.92 Å². The summed E-state index contributed by atoms with van der Waals surface area (Å²) in [4.78, 5) is 13.2. The number of aliphatic carboxylic acids is 1. The molecule has 0 aliphatic carbocycles. The number of hydrogen-bond acceptors (Lipinski definition) is 3. The number of carboxylic acid groups (broad SMARTS) is 1. The quantitative estimate of drug-likeness (QED) is 0.796. The Hall–Kier alpha value is -1.55. The van der Waals surface area contributed by atoms with E-state index in [9.17, 15) is 4.79 Å². The molecule has 2 atom stereocenters. The molecule has 0 aromatic heterocycles. The predicted octanol–water partition coefficient (Wildman–Crippen LogP) is 3.58. The van der Waals surface area contributed by atoms with E-state index < -0.39 is 5.97 Å². The van der Waals surface area contributed by atoms with Gasteiger partial charge in [0.05, 0.1) is 12.0 Å². The fourth-order valence-corrected chi connectivity index (χ4v) is 2.30. The average molecular weight is 293 g/mol. The average Bonchev–Trinajstić information content (AvgIpc) is 2.43. The minimum absolute atomic E-state index is 0.164. The molecule has 0 aliphatic rings. The summed E-state index contributed by atoms with van der Waals surface area (Å²) in [6, 6.07) is 8.23. The third-order valence-corrected chi connectivity index (χ3v) is 3.62. The van der Waals surface area contributed by atoms with Gasteiger partial charge in [0.15, 0.2) is 0 Å². The van der Waals surface area contributed by atoms with Gasteiger partial charge >= 0.3 is 5.97 Å². The first kappa shape index (κ1) is 17.5. The third-order valence-electron chi connectivity index (χ3n) is 3.62. The molecular formula is C17H27NO3. The summed E-state index contributed by atoms with van der Waals surface area (Å²) >= 11 is 0. The van der Waals surface area contributed by atoms with Crippen LogP contribution in [0.2, 0.25) is 0 Å². The second-order valence-corrected chi connectivity index (χ2v) is 5.74. The molecule has 21 heavy (non-hydrogen) atoms. The number of ether oxygens (including phenoxy) is 1. The second kappa shape index (κ2) is 8.03. The topological polar surface area (TPSA) is 49.8 Å². The van der Waals surface area contributed by atoms with E-state index in [0.717, 1.165) is 12.3 Å². The highest BCUT2D eigenvalue weighted by atomic mass is 16.5. The van der Waals surface area contributed by atoms with Crippen LogP contribution in [-0.2, 0) is 4.79 Å². The van der Waals surface area contributed by atoms with Crippen molar-refractivity contribution in [2.24, 2.45) is 5.92 Å². The normalized spacial score (nSPS) is 14.2. The molecular weight excluding hydrogens is 266 g/mol.